The van der Waals surface area contributed by atoms with E-state index in [1.807, 2.05) is 18.8 Å². The lowest BCUT2D eigenvalue weighted by atomic mass is 10.1. The van der Waals surface area contributed by atoms with Crippen LogP contribution in [0, 0.1) is 13.8 Å². The molecule has 0 saturated carbocycles. The summed E-state index contributed by atoms with van der Waals surface area (Å²) >= 11 is 0. The van der Waals surface area contributed by atoms with Crippen molar-refractivity contribution < 1.29 is 0 Å². The molecule has 0 aliphatic carbocycles. The molecule has 0 unspecified atom stereocenters. The lowest BCUT2D eigenvalue weighted by molar-refractivity contribution is 0.702. The first-order valence-corrected chi connectivity index (χ1v) is 9.04. The van der Waals surface area contributed by atoms with Crippen molar-refractivity contribution in [2.75, 3.05) is 7.05 Å². The molecule has 5 nitrogen and oxygen atoms in total. The highest BCUT2D eigenvalue weighted by molar-refractivity contribution is 14.0. The quantitative estimate of drug-likeness (QED) is 0.386. The third kappa shape index (κ3) is 5.46. The van der Waals surface area contributed by atoms with Gasteiger partial charge in [0.1, 0.15) is 0 Å². The number of hydrogen-bond acceptors (Lipinski definition) is 2. The molecule has 26 heavy (non-hydrogen) atoms. The van der Waals surface area contributed by atoms with Gasteiger partial charge in [0, 0.05) is 38.4 Å². The molecule has 1 aromatic heterocycles. The third-order valence-corrected chi connectivity index (χ3v) is 4.63. The molecular weight excluding hydrogens is 437 g/mol. The van der Waals surface area contributed by atoms with Crippen LogP contribution in [-0.4, -0.2) is 22.8 Å². The number of rotatable bonds is 6. The SMILES string of the molecule is CCc1nn(C)c(CC)c1CNC(=NC)NCc1ccc(C)cc1C.I. The predicted molar refractivity (Wildman–Crippen MR) is 120 cm³/mol. The molecule has 0 bridgehead atoms. The van der Waals surface area contributed by atoms with Gasteiger partial charge in [-0.05, 0) is 37.8 Å². The number of aromatic nitrogens is 2. The Bertz CT molecular complexity index is 749. The number of aryl methyl sites for hydroxylation is 4. The molecule has 0 atom stereocenters. The molecule has 1 aromatic carbocycles. The lowest BCUT2D eigenvalue weighted by Crippen LogP contribution is -2.36. The first kappa shape index (κ1) is 22.5. The highest BCUT2D eigenvalue weighted by Gasteiger charge is 2.13. The van der Waals surface area contributed by atoms with E-state index < -0.39 is 0 Å². The zero-order valence-electron chi connectivity index (χ0n) is 16.8. The summed E-state index contributed by atoms with van der Waals surface area (Å²) in [4.78, 5) is 4.35. The normalized spacial score (nSPS) is 11.2. The number of halogens is 1. The van der Waals surface area contributed by atoms with Gasteiger partial charge in [-0.15, -0.1) is 24.0 Å². The predicted octanol–water partition coefficient (Wildman–Crippen LogP) is 3.64. The van der Waals surface area contributed by atoms with Gasteiger partial charge in [-0.1, -0.05) is 37.6 Å². The van der Waals surface area contributed by atoms with Crippen LogP contribution in [0.15, 0.2) is 23.2 Å². The molecule has 0 radical (unpaired) electrons. The third-order valence-electron chi connectivity index (χ3n) is 4.63. The summed E-state index contributed by atoms with van der Waals surface area (Å²) in [5.41, 5.74) is 7.63. The average Bonchev–Trinajstić information content (AvgIpc) is 2.91. The fourth-order valence-electron chi connectivity index (χ4n) is 3.21. The van der Waals surface area contributed by atoms with Crippen molar-refractivity contribution in [3.05, 3.63) is 51.8 Å². The van der Waals surface area contributed by atoms with Gasteiger partial charge >= 0.3 is 0 Å². The summed E-state index contributed by atoms with van der Waals surface area (Å²) in [5.74, 6) is 0.813. The van der Waals surface area contributed by atoms with Crippen LogP contribution in [0.25, 0.3) is 0 Å². The maximum Gasteiger partial charge on any atom is 0.191 e. The van der Waals surface area contributed by atoms with Crippen LogP contribution in [-0.2, 0) is 33.0 Å². The highest BCUT2D eigenvalue weighted by atomic mass is 127. The van der Waals surface area contributed by atoms with Crippen LogP contribution in [0.5, 0.6) is 0 Å². The van der Waals surface area contributed by atoms with Gasteiger partial charge in [-0.25, -0.2) is 0 Å². The van der Waals surface area contributed by atoms with Crippen LogP contribution in [0.3, 0.4) is 0 Å². The number of guanidine groups is 1. The highest BCUT2D eigenvalue weighted by Crippen LogP contribution is 2.15. The van der Waals surface area contributed by atoms with Crippen LogP contribution >= 0.6 is 24.0 Å². The molecule has 0 saturated heterocycles. The zero-order chi connectivity index (χ0) is 18.4. The van der Waals surface area contributed by atoms with Crippen molar-refractivity contribution in [1.29, 1.82) is 0 Å². The van der Waals surface area contributed by atoms with Gasteiger partial charge in [0.05, 0.1) is 5.69 Å². The van der Waals surface area contributed by atoms with Crippen molar-refractivity contribution >= 4 is 29.9 Å². The summed E-state index contributed by atoms with van der Waals surface area (Å²) in [7, 11) is 3.83. The number of nitrogens with one attached hydrogen (secondary N) is 2. The molecule has 0 amide bonds. The summed E-state index contributed by atoms with van der Waals surface area (Å²) in [6.07, 6.45) is 1.93. The average molecular weight is 469 g/mol. The number of hydrogen-bond donors (Lipinski definition) is 2. The van der Waals surface area contributed by atoms with Crippen molar-refractivity contribution in [3.8, 4) is 0 Å². The van der Waals surface area contributed by atoms with E-state index >= 15 is 0 Å². The zero-order valence-corrected chi connectivity index (χ0v) is 19.1. The van der Waals surface area contributed by atoms with Gasteiger partial charge in [-0.2, -0.15) is 5.10 Å². The Kier molecular flexibility index (Phi) is 9.12. The van der Waals surface area contributed by atoms with E-state index in [-0.39, 0.29) is 24.0 Å². The first-order valence-electron chi connectivity index (χ1n) is 9.04. The van der Waals surface area contributed by atoms with E-state index in [9.17, 15) is 0 Å². The Morgan fingerprint density at radius 3 is 2.38 bits per heavy atom. The van der Waals surface area contributed by atoms with E-state index in [2.05, 4.69) is 66.6 Å². The van der Waals surface area contributed by atoms with Crippen LogP contribution < -0.4 is 10.6 Å². The second-order valence-corrected chi connectivity index (χ2v) is 6.41. The van der Waals surface area contributed by atoms with E-state index in [0.717, 1.165) is 37.6 Å². The summed E-state index contributed by atoms with van der Waals surface area (Å²) in [6.45, 7) is 10.1. The van der Waals surface area contributed by atoms with Gasteiger partial charge < -0.3 is 10.6 Å². The Hall–Kier alpha value is -1.57. The number of aliphatic imine (C=N–C) groups is 1. The smallest absolute Gasteiger partial charge is 0.191 e. The molecule has 0 aliphatic heterocycles. The second-order valence-electron chi connectivity index (χ2n) is 6.41. The van der Waals surface area contributed by atoms with Gasteiger partial charge in [0.2, 0.25) is 0 Å². The molecule has 144 valence electrons. The summed E-state index contributed by atoms with van der Waals surface area (Å²) in [6, 6.07) is 6.54. The van der Waals surface area contributed by atoms with E-state index in [1.165, 1.54) is 27.9 Å². The molecule has 2 N–H and O–H groups in total. The second kappa shape index (κ2) is 10.5. The molecule has 1 heterocycles. The van der Waals surface area contributed by atoms with E-state index in [0.29, 0.717) is 0 Å². The fourth-order valence-corrected chi connectivity index (χ4v) is 3.21. The minimum absolute atomic E-state index is 0. The molecule has 2 aromatic rings. The number of nitrogens with zero attached hydrogens (tertiary/aromatic N) is 3. The van der Waals surface area contributed by atoms with Gasteiger partial charge in [-0.3, -0.25) is 9.67 Å². The molecule has 6 heteroatoms. The van der Waals surface area contributed by atoms with Crippen LogP contribution in [0.1, 0.15) is 47.5 Å². The Morgan fingerprint density at radius 1 is 1.12 bits per heavy atom. The number of benzene rings is 1. The first-order chi connectivity index (χ1) is 12.0. The minimum Gasteiger partial charge on any atom is -0.352 e. The van der Waals surface area contributed by atoms with Crippen LogP contribution in [0.4, 0.5) is 0 Å². The Morgan fingerprint density at radius 2 is 1.81 bits per heavy atom. The van der Waals surface area contributed by atoms with Gasteiger partial charge in [0.25, 0.3) is 0 Å². The summed E-state index contributed by atoms with van der Waals surface area (Å²) in [5, 5.41) is 11.5. The molecular formula is C20H32IN5. The maximum absolute atomic E-state index is 4.63. The van der Waals surface area contributed by atoms with Crippen molar-refractivity contribution in [1.82, 2.24) is 20.4 Å². The van der Waals surface area contributed by atoms with Crippen molar-refractivity contribution in [3.63, 3.8) is 0 Å². The molecule has 0 aliphatic rings. The van der Waals surface area contributed by atoms with Crippen molar-refractivity contribution in [2.45, 2.75) is 53.6 Å². The fraction of sp³-hybridized carbons (Fsp3) is 0.500. The Balaban J connectivity index is 0.00000338. The maximum atomic E-state index is 4.63. The standard InChI is InChI=1S/C20H31N5.HI/c1-7-18-17(19(8-2)25(6)24-18)13-23-20(21-5)22-12-16-10-9-14(3)11-15(16)4;/h9-11H,7-8,12-13H2,1-6H3,(H2,21,22,23);1H. The largest absolute Gasteiger partial charge is 0.352 e. The Labute approximate surface area is 174 Å². The van der Waals surface area contributed by atoms with Gasteiger partial charge in [0.15, 0.2) is 5.96 Å². The molecule has 2 rings (SSSR count). The van der Waals surface area contributed by atoms with E-state index in [4.69, 9.17) is 0 Å². The topological polar surface area (TPSA) is 54.2 Å². The van der Waals surface area contributed by atoms with E-state index in [1.54, 1.807) is 0 Å². The molecule has 0 fully saturated rings. The monoisotopic (exact) mass is 469 g/mol. The lowest BCUT2D eigenvalue weighted by Gasteiger charge is -2.14. The molecule has 0 spiro atoms. The van der Waals surface area contributed by atoms with Crippen molar-refractivity contribution in [2.24, 2.45) is 12.0 Å². The minimum atomic E-state index is 0. The summed E-state index contributed by atoms with van der Waals surface area (Å²) < 4.78 is 2.00. The van der Waals surface area contributed by atoms with Crippen LogP contribution in [0.2, 0.25) is 0 Å².